The number of rotatable bonds is 1. The minimum atomic E-state index is -0.318. The van der Waals surface area contributed by atoms with Gasteiger partial charge in [-0.2, -0.15) is 0 Å². The molecule has 4 aromatic rings. The lowest BCUT2D eigenvalue weighted by atomic mass is 10.1. The summed E-state index contributed by atoms with van der Waals surface area (Å²) < 4.78 is 7.42. The Labute approximate surface area is 121 Å². The minimum Gasteiger partial charge on any atom is -0.423 e. The molecule has 0 unspecified atom stereocenters. The summed E-state index contributed by atoms with van der Waals surface area (Å²) >= 11 is 0. The van der Waals surface area contributed by atoms with Crippen LogP contribution in [-0.2, 0) is 7.05 Å². The van der Waals surface area contributed by atoms with Crippen molar-refractivity contribution in [1.82, 2.24) is 4.57 Å². The molecule has 0 aliphatic carbocycles. The standard InChI is InChI=1S/C18H13NO2/c1-19-15-8-9-17-13(7-10-18(20)21-17)14(15)11-16(19)12-5-3-2-4-6-12/h2-11H,1H3. The lowest BCUT2D eigenvalue weighted by Crippen LogP contribution is -1.94. The van der Waals surface area contributed by atoms with Crippen LogP contribution in [0.2, 0.25) is 0 Å². The van der Waals surface area contributed by atoms with Gasteiger partial charge in [0.05, 0.1) is 0 Å². The van der Waals surface area contributed by atoms with Gasteiger partial charge in [0.25, 0.3) is 0 Å². The molecule has 2 heterocycles. The molecule has 3 nitrogen and oxygen atoms in total. The van der Waals surface area contributed by atoms with E-state index in [1.54, 1.807) is 0 Å². The van der Waals surface area contributed by atoms with Gasteiger partial charge >= 0.3 is 5.63 Å². The number of aryl methyl sites for hydroxylation is 1. The van der Waals surface area contributed by atoms with Crippen molar-refractivity contribution in [1.29, 1.82) is 0 Å². The Balaban J connectivity index is 2.10. The molecule has 0 saturated carbocycles. The highest BCUT2D eigenvalue weighted by Gasteiger charge is 2.11. The van der Waals surface area contributed by atoms with Crippen LogP contribution in [0.25, 0.3) is 33.1 Å². The van der Waals surface area contributed by atoms with Crippen LogP contribution < -0.4 is 5.63 Å². The lowest BCUT2D eigenvalue weighted by molar-refractivity contribution is 0.561. The Kier molecular flexibility index (Phi) is 2.48. The number of nitrogens with zero attached hydrogens (tertiary/aromatic N) is 1. The molecule has 0 amide bonds. The van der Waals surface area contributed by atoms with Crippen LogP contribution in [0, 0.1) is 0 Å². The predicted octanol–water partition coefficient (Wildman–Crippen LogP) is 3.95. The summed E-state index contributed by atoms with van der Waals surface area (Å²) in [4.78, 5) is 11.3. The molecule has 3 heteroatoms. The lowest BCUT2D eigenvalue weighted by Gasteiger charge is -2.04. The van der Waals surface area contributed by atoms with Crippen molar-refractivity contribution in [3.8, 4) is 11.3 Å². The maximum absolute atomic E-state index is 11.3. The zero-order valence-corrected chi connectivity index (χ0v) is 11.5. The van der Waals surface area contributed by atoms with Gasteiger partial charge in [0.1, 0.15) is 5.58 Å². The molecule has 0 saturated heterocycles. The molecule has 0 atom stereocenters. The second-order valence-electron chi connectivity index (χ2n) is 5.12. The molecule has 0 radical (unpaired) electrons. The first kappa shape index (κ1) is 12.0. The molecule has 0 aliphatic rings. The van der Waals surface area contributed by atoms with Crippen molar-refractivity contribution in [2.45, 2.75) is 0 Å². The Bertz CT molecular complexity index is 1010. The average Bonchev–Trinajstić information content (AvgIpc) is 2.85. The summed E-state index contributed by atoms with van der Waals surface area (Å²) in [5.41, 5.74) is 3.74. The highest BCUT2D eigenvalue weighted by atomic mass is 16.4. The van der Waals surface area contributed by atoms with Gasteiger partial charge in [-0.25, -0.2) is 4.79 Å². The maximum atomic E-state index is 11.3. The molecule has 2 aromatic heterocycles. The van der Waals surface area contributed by atoms with Gasteiger partial charge in [0.15, 0.2) is 0 Å². The second kappa shape index (κ2) is 4.35. The first-order chi connectivity index (χ1) is 10.2. The van der Waals surface area contributed by atoms with Crippen molar-refractivity contribution >= 4 is 21.9 Å². The van der Waals surface area contributed by atoms with Gasteiger partial charge < -0.3 is 8.98 Å². The van der Waals surface area contributed by atoms with Gasteiger partial charge in [0, 0.05) is 35.1 Å². The normalized spacial score (nSPS) is 11.3. The van der Waals surface area contributed by atoms with Crippen LogP contribution in [0.3, 0.4) is 0 Å². The Hall–Kier alpha value is -2.81. The van der Waals surface area contributed by atoms with Gasteiger partial charge in [0.2, 0.25) is 0 Å². The third kappa shape index (κ3) is 1.78. The molecule has 21 heavy (non-hydrogen) atoms. The van der Waals surface area contributed by atoms with Crippen molar-refractivity contribution in [3.05, 3.63) is 71.1 Å². The van der Waals surface area contributed by atoms with E-state index in [9.17, 15) is 4.79 Å². The number of hydrogen-bond acceptors (Lipinski definition) is 2. The van der Waals surface area contributed by atoms with E-state index in [0.717, 1.165) is 22.0 Å². The summed E-state index contributed by atoms with van der Waals surface area (Å²) in [6.45, 7) is 0. The quantitative estimate of drug-likeness (QED) is 0.493. The van der Waals surface area contributed by atoms with Crippen molar-refractivity contribution in [2.75, 3.05) is 0 Å². The maximum Gasteiger partial charge on any atom is 0.336 e. The van der Waals surface area contributed by atoms with E-state index < -0.39 is 0 Å². The first-order valence-corrected chi connectivity index (χ1v) is 6.82. The SMILES string of the molecule is Cn1c(-c2ccccc2)cc2c3ccc(=O)oc3ccc21. The molecule has 0 bridgehead atoms. The molecule has 4 rings (SSSR count). The van der Waals surface area contributed by atoms with Crippen molar-refractivity contribution < 1.29 is 4.42 Å². The summed E-state index contributed by atoms with van der Waals surface area (Å²) in [5.74, 6) is 0. The molecule has 102 valence electrons. The van der Waals surface area contributed by atoms with Gasteiger partial charge in [-0.3, -0.25) is 0 Å². The highest BCUT2D eigenvalue weighted by Crippen LogP contribution is 2.31. The van der Waals surface area contributed by atoms with Crippen molar-refractivity contribution in [2.24, 2.45) is 7.05 Å². The first-order valence-electron chi connectivity index (χ1n) is 6.82. The van der Waals surface area contributed by atoms with E-state index in [1.807, 2.05) is 36.4 Å². The second-order valence-corrected chi connectivity index (χ2v) is 5.12. The van der Waals surface area contributed by atoms with E-state index in [4.69, 9.17) is 4.42 Å². The van der Waals surface area contributed by atoms with E-state index in [2.05, 4.69) is 29.8 Å². The van der Waals surface area contributed by atoms with Crippen LogP contribution in [0.1, 0.15) is 0 Å². The molecular weight excluding hydrogens is 262 g/mol. The smallest absolute Gasteiger partial charge is 0.336 e. The topological polar surface area (TPSA) is 35.1 Å². The molecule has 0 aliphatic heterocycles. The molecule has 0 spiro atoms. The minimum absolute atomic E-state index is 0.318. The fraction of sp³-hybridized carbons (Fsp3) is 0.0556. The third-order valence-corrected chi connectivity index (χ3v) is 3.89. The largest absolute Gasteiger partial charge is 0.423 e. The molecule has 0 fully saturated rings. The van der Waals surface area contributed by atoms with Gasteiger partial charge in [-0.1, -0.05) is 30.3 Å². The van der Waals surface area contributed by atoms with E-state index >= 15 is 0 Å². The van der Waals surface area contributed by atoms with Crippen LogP contribution in [0.15, 0.2) is 69.9 Å². The summed E-state index contributed by atoms with van der Waals surface area (Å²) in [7, 11) is 2.05. The van der Waals surface area contributed by atoms with Crippen LogP contribution in [0.5, 0.6) is 0 Å². The monoisotopic (exact) mass is 275 g/mol. The van der Waals surface area contributed by atoms with Crippen LogP contribution >= 0.6 is 0 Å². The van der Waals surface area contributed by atoms with E-state index in [0.29, 0.717) is 5.58 Å². The van der Waals surface area contributed by atoms with E-state index in [-0.39, 0.29) is 5.63 Å². The average molecular weight is 275 g/mol. The van der Waals surface area contributed by atoms with Crippen LogP contribution in [0.4, 0.5) is 0 Å². The van der Waals surface area contributed by atoms with Crippen molar-refractivity contribution in [3.63, 3.8) is 0 Å². The van der Waals surface area contributed by atoms with Gasteiger partial charge in [-0.05, 0) is 29.8 Å². The molecule has 2 aromatic carbocycles. The fourth-order valence-electron chi connectivity index (χ4n) is 2.85. The van der Waals surface area contributed by atoms with E-state index in [1.165, 1.54) is 11.6 Å². The molecular formula is C18H13NO2. The Morgan fingerprint density at radius 2 is 1.71 bits per heavy atom. The Morgan fingerprint density at radius 3 is 2.52 bits per heavy atom. The summed E-state index contributed by atoms with van der Waals surface area (Å²) in [6.07, 6.45) is 0. The number of benzene rings is 2. The highest BCUT2D eigenvalue weighted by molar-refractivity contribution is 6.06. The zero-order valence-electron chi connectivity index (χ0n) is 11.5. The predicted molar refractivity (Wildman–Crippen MR) is 84.4 cm³/mol. The van der Waals surface area contributed by atoms with Crippen LogP contribution in [-0.4, -0.2) is 4.57 Å². The summed E-state index contributed by atoms with van der Waals surface area (Å²) in [6, 6.07) is 19.6. The Morgan fingerprint density at radius 1 is 0.905 bits per heavy atom. The third-order valence-electron chi connectivity index (χ3n) is 3.89. The van der Waals surface area contributed by atoms with Gasteiger partial charge in [-0.15, -0.1) is 0 Å². The number of hydrogen-bond donors (Lipinski definition) is 0. The number of aromatic nitrogens is 1. The molecule has 0 N–H and O–H groups in total. The number of fused-ring (bicyclic) bond motifs is 3. The fourth-order valence-corrected chi connectivity index (χ4v) is 2.85. The summed E-state index contributed by atoms with van der Waals surface area (Å²) in [5, 5.41) is 2.06. The zero-order chi connectivity index (χ0) is 14.4.